The van der Waals surface area contributed by atoms with Crippen LogP contribution in [0.3, 0.4) is 0 Å². The lowest BCUT2D eigenvalue weighted by molar-refractivity contribution is -0.274. The Hall–Kier alpha value is -2.57. The van der Waals surface area contributed by atoms with Crippen LogP contribution in [-0.2, 0) is 24.3 Å². The predicted octanol–water partition coefficient (Wildman–Crippen LogP) is 3.07. The number of alkyl halides is 3. The van der Waals surface area contributed by atoms with Gasteiger partial charge in [-0.3, -0.25) is 9.78 Å². The highest BCUT2D eigenvalue weighted by atomic mass is 19.4. The average Bonchev–Trinajstić information content (AvgIpc) is 2.90. The van der Waals surface area contributed by atoms with Crippen LogP contribution in [0.2, 0.25) is 0 Å². The summed E-state index contributed by atoms with van der Waals surface area (Å²) in [4.78, 5) is 18.2. The topological polar surface area (TPSA) is 42.4 Å². The highest BCUT2D eigenvalue weighted by Crippen LogP contribution is 2.25. The first kappa shape index (κ1) is 15.3. The molecule has 120 valence electrons. The summed E-state index contributed by atoms with van der Waals surface area (Å²) < 4.78 is 40.6. The van der Waals surface area contributed by atoms with E-state index in [0.717, 1.165) is 11.3 Å². The fraction of sp³-hybridized carbons (Fsp3) is 0.250. The van der Waals surface area contributed by atoms with Gasteiger partial charge >= 0.3 is 6.36 Å². The van der Waals surface area contributed by atoms with E-state index in [1.54, 1.807) is 17.2 Å². The molecule has 4 nitrogen and oxygen atoms in total. The monoisotopic (exact) mass is 322 g/mol. The van der Waals surface area contributed by atoms with Gasteiger partial charge in [0.2, 0.25) is 5.91 Å². The van der Waals surface area contributed by atoms with Gasteiger partial charge in [0.15, 0.2) is 0 Å². The number of aromatic nitrogens is 1. The molecule has 0 saturated heterocycles. The third-order valence-corrected chi connectivity index (χ3v) is 3.53. The molecule has 3 rings (SSSR count). The van der Waals surface area contributed by atoms with Crippen LogP contribution in [0, 0.1) is 0 Å². The summed E-state index contributed by atoms with van der Waals surface area (Å²) in [5, 5.41) is 0. The molecule has 0 radical (unpaired) electrons. The van der Waals surface area contributed by atoms with Gasteiger partial charge in [-0.25, -0.2) is 0 Å². The molecule has 1 aliphatic heterocycles. The highest BCUT2D eigenvalue weighted by molar-refractivity contribution is 5.79. The molecular weight excluding hydrogens is 309 g/mol. The molecule has 1 aromatic carbocycles. The lowest BCUT2D eigenvalue weighted by atomic mass is 10.1. The smallest absolute Gasteiger partial charge is 0.406 e. The fourth-order valence-electron chi connectivity index (χ4n) is 2.52. The van der Waals surface area contributed by atoms with Crippen LogP contribution in [0.25, 0.3) is 0 Å². The standard InChI is InChI=1S/C16H13F3N2O2/c17-16(18,19)23-13-5-1-3-11(7-13)8-15(22)21-9-12-4-2-6-20-14(12)10-21/h1-7H,8-10H2. The number of benzene rings is 1. The van der Waals surface area contributed by atoms with Crippen molar-refractivity contribution in [1.82, 2.24) is 9.88 Å². The van der Waals surface area contributed by atoms with Gasteiger partial charge in [-0.15, -0.1) is 13.2 Å². The molecular formula is C16H13F3N2O2. The van der Waals surface area contributed by atoms with Crippen LogP contribution < -0.4 is 4.74 Å². The summed E-state index contributed by atoms with van der Waals surface area (Å²) >= 11 is 0. The predicted molar refractivity (Wildman–Crippen MR) is 75.3 cm³/mol. The highest BCUT2D eigenvalue weighted by Gasteiger charge is 2.31. The third kappa shape index (κ3) is 3.80. The first-order chi connectivity index (χ1) is 10.9. The maximum atomic E-state index is 12.3. The normalized spacial score (nSPS) is 13.8. The van der Waals surface area contributed by atoms with Crippen molar-refractivity contribution in [2.24, 2.45) is 0 Å². The van der Waals surface area contributed by atoms with Gasteiger partial charge in [0, 0.05) is 12.7 Å². The van der Waals surface area contributed by atoms with Crippen LogP contribution in [-0.4, -0.2) is 22.2 Å². The van der Waals surface area contributed by atoms with Crippen molar-refractivity contribution in [2.75, 3.05) is 0 Å². The van der Waals surface area contributed by atoms with Crippen molar-refractivity contribution in [3.63, 3.8) is 0 Å². The quantitative estimate of drug-likeness (QED) is 0.872. The van der Waals surface area contributed by atoms with Crippen molar-refractivity contribution in [2.45, 2.75) is 25.9 Å². The number of amides is 1. The van der Waals surface area contributed by atoms with Gasteiger partial charge in [-0.05, 0) is 29.3 Å². The number of pyridine rings is 1. The van der Waals surface area contributed by atoms with Gasteiger partial charge < -0.3 is 9.64 Å². The summed E-state index contributed by atoms with van der Waals surface area (Å²) in [7, 11) is 0. The van der Waals surface area contributed by atoms with E-state index < -0.39 is 6.36 Å². The largest absolute Gasteiger partial charge is 0.573 e. The second-order valence-electron chi connectivity index (χ2n) is 5.23. The van der Waals surface area contributed by atoms with Gasteiger partial charge in [-0.2, -0.15) is 0 Å². The van der Waals surface area contributed by atoms with Crippen molar-refractivity contribution in [1.29, 1.82) is 0 Å². The maximum absolute atomic E-state index is 12.3. The number of rotatable bonds is 3. The summed E-state index contributed by atoms with van der Waals surface area (Å²) in [6, 6.07) is 9.19. The lowest BCUT2D eigenvalue weighted by Gasteiger charge is -2.15. The summed E-state index contributed by atoms with van der Waals surface area (Å²) in [5.41, 5.74) is 2.32. The molecule has 1 amide bonds. The molecule has 2 heterocycles. The summed E-state index contributed by atoms with van der Waals surface area (Å²) in [6.45, 7) is 0.897. The molecule has 7 heteroatoms. The second-order valence-corrected chi connectivity index (χ2v) is 5.23. The SMILES string of the molecule is O=C(Cc1cccc(OC(F)(F)F)c1)N1Cc2cccnc2C1. The molecule has 0 N–H and O–H groups in total. The van der Waals surface area contributed by atoms with Crippen molar-refractivity contribution in [3.8, 4) is 5.75 Å². The van der Waals surface area contributed by atoms with Crippen molar-refractivity contribution < 1.29 is 22.7 Å². The number of hydrogen-bond donors (Lipinski definition) is 0. The molecule has 0 aliphatic carbocycles. The summed E-state index contributed by atoms with van der Waals surface area (Å²) in [5.74, 6) is -0.485. The Morgan fingerprint density at radius 2 is 2.04 bits per heavy atom. The molecule has 2 aromatic rings. The van der Waals surface area contributed by atoms with Crippen LogP contribution >= 0.6 is 0 Å². The van der Waals surface area contributed by atoms with Crippen molar-refractivity contribution in [3.05, 3.63) is 59.4 Å². The Morgan fingerprint density at radius 1 is 1.22 bits per heavy atom. The maximum Gasteiger partial charge on any atom is 0.573 e. The molecule has 0 fully saturated rings. The van der Waals surface area contributed by atoms with E-state index in [4.69, 9.17) is 0 Å². The minimum Gasteiger partial charge on any atom is -0.406 e. The average molecular weight is 322 g/mol. The fourth-order valence-corrected chi connectivity index (χ4v) is 2.52. The zero-order chi connectivity index (χ0) is 16.4. The van der Waals surface area contributed by atoms with Crippen LogP contribution in [0.5, 0.6) is 5.75 Å². The number of carbonyl (C=O) groups is 1. The molecule has 0 unspecified atom stereocenters. The molecule has 0 bridgehead atoms. The lowest BCUT2D eigenvalue weighted by Crippen LogP contribution is -2.27. The zero-order valence-corrected chi connectivity index (χ0v) is 12.0. The Bertz CT molecular complexity index is 706. The van der Waals surface area contributed by atoms with E-state index in [9.17, 15) is 18.0 Å². The number of fused-ring (bicyclic) bond motifs is 1. The minimum absolute atomic E-state index is 0.0169. The van der Waals surface area contributed by atoms with E-state index in [1.165, 1.54) is 18.2 Å². The van der Waals surface area contributed by atoms with Gasteiger partial charge in [0.05, 0.1) is 18.7 Å². The Kier molecular flexibility index (Phi) is 3.94. The van der Waals surface area contributed by atoms with E-state index in [2.05, 4.69) is 9.72 Å². The van der Waals surface area contributed by atoms with Crippen molar-refractivity contribution >= 4 is 5.91 Å². The number of hydrogen-bond acceptors (Lipinski definition) is 3. The van der Waals surface area contributed by atoms with Gasteiger partial charge in [-0.1, -0.05) is 18.2 Å². The van der Waals surface area contributed by atoms with Crippen LogP contribution in [0.1, 0.15) is 16.8 Å². The minimum atomic E-state index is -4.75. The Balaban J connectivity index is 1.66. The molecule has 1 aliphatic rings. The molecule has 0 atom stereocenters. The first-order valence-corrected chi connectivity index (χ1v) is 6.96. The molecule has 0 spiro atoms. The Morgan fingerprint density at radius 3 is 2.78 bits per heavy atom. The van der Waals surface area contributed by atoms with E-state index in [0.29, 0.717) is 18.7 Å². The van der Waals surface area contributed by atoms with E-state index >= 15 is 0 Å². The van der Waals surface area contributed by atoms with Gasteiger partial charge in [0.25, 0.3) is 0 Å². The molecule has 23 heavy (non-hydrogen) atoms. The number of nitrogens with zero attached hydrogens (tertiary/aromatic N) is 2. The third-order valence-electron chi connectivity index (χ3n) is 3.53. The van der Waals surface area contributed by atoms with E-state index in [1.807, 2.05) is 12.1 Å². The first-order valence-electron chi connectivity index (χ1n) is 6.96. The van der Waals surface area contributed by atoms with E-state index in [-0.39, 0.29) is 18.1 Å². The molecule has 0 saturated carbocycles. The second kappa shape index (κ2) is 5.91. The zero-order valence-electron chi connectivity index (χ0n) is 12.0. The Labute approximate surface area is 130 Å². The number of halogens is 3. The number of carbonyl (C=O) groups excluding carboxylic acids is 1. The molecule has 1 aromatic heterocycles. The summed E-state index contributed by atoms with van der Waals surface area (Å²) in [6.07, 6.45) is -3.06. The van der Waals surface area contributed by atoms with Crippen LogP contribution in [0.15, 0.2) is 42.6 Å². The van der Waals surface area contributed by atoms with Gasteiger partial charge in [0.1, 0.15) is 5.75 Å². The number of ether oxygens (including phenoxy) is 1. The van der Waals surface area contributed by atoms with Crippen LogP contribution in [0.4, 0.5) is 13.2 Å².